The van der Waals surface area contributed by atoms with Crippen molar-refractivity contribution in [3.05, 3.63) is 53.7 Å². The first kappa shape index (κ1) is 28.3. The van der Waals surface area contributed by atoms with E-state index >= 15 is 0 Å². The third-order valence-corrected chi connectivity index (χ3v) is 9.15. The second-order valence-corrected chi connectivity index (χ2v) is 12.9. The number of para-hydroxylation sites is 2. The van der Waals surface area contributed by atoms with Gasteiger partial charge in [-0.1, -0.05) is 23.7 Å². The molecule has 2 saturated heterocycles. The second-order valence-electron chi connectivity index (χ2n) is 10.5. The van der Waals surface area contributed by atoms with Crippen LogP contribution in [0.2, 0.25) is 5.02 Å². The predicted octanol–water partition coefficient (Wildman–Crippen LogP) is 4.85. The molecule has 0 amide bonds. The van der Waals surface area contributed by atoms with Gasteiger partial charge in [0.05, 0.1) is 36.6 Å². The number of ether oxygens (including phenoxy) is 1. The molecule has 10 nitrogen and oxygen atoms in total. The minimum absolute atomic E-state index is 0.293. The molecule has 0 spiro atoms. The van der Waals surface area contributed by atoms with Gasteiger partial charge < -0.3 is 25.6 Å². The number of methoxy groups -OCH3 is 1. The van der Waals surface area contributed by atoms with E-state index < -0.39 is 10.0 Å². The van der Waals surface area contributed by atoms with Gasteiger partial charge in [0, 0.05) is 31.9 Å². The monoisotopic (exact) mass is 585 g/mol. The van der Waals surface area contributed by atoms with Crippen LogP contribution in [0.15, 0.2) is 48.7 Å². The number of nitrogens with one attached hydrogen (secondary N) is 3. The average Bonchev–Trinajstić information content (AvgIpc) is 2.92. The number of anilines is 6. The van der Waals surface area contributed by atoms with E-state index in [1.165, 1.54) is 49.9 Å². The van der Waals surface area contributed by atoms with Crippen molar-refractivity contribution < 1.29 is 13.2 Å². The van der Waals surface area contributed by atoms with E-state index in [2.05, 4.69) is 36.9 Å². The number of rotatable bonds is 10. The molecule has 0 bridgehead atoms. The molecule has 3 aromatic rings. The van der Waals surface area contributed by atoms with Crippen LogP contribution in [0.3, 0.4) is 0 Å². The molecule has 214 valence electrons. The summed E-state index contributed by atoms with van der Waals surface area (Å²) in [5.74, 6) is 3.02. The highest BCUT2D eigenvalue weighted by Gasteiger charge is 2.26. The van der Waals surface area contributed by atoms with Crippen molar-refractivity contribution in [1.29, 1.82) is 0 Å². The topological polar surface area (TPSA) is 112 Å². The third kappa shape index (κ3) is 6.54. The van der Waals surface area contributed by atoms with Crippen molar-refractivity contribution >= 4 is 56.1 Å². The van der Waals surface area contributed by atoms with E-state index in [9.17, 15) is 8.42 Å². The Kier molecular flexibility index (Phi) is 8.53. The molecule has 0 saturated carbocycles. The molecule has 5 rings (SSSR count). The molecule has 12 heteroatoms. The van der Waals surface area contributed by atoms with Gasteiger partial charge in [0.25, 0.3) is 0 Å². The summed E-state index contributed by atoms with van der Waals surface area (Å²) < 4.78 is 31.2. The number of sulfonamides is 1. The summed E-state index contributed by atoms with van der Waals surface area (Å²) in [6.45, 7) is 4.45. The van der Waals surface area contributed by atoms with Gasteiger partial charge >= 0.3 is 0 Å². The molecule has 2 aliphatic heterocycles. The maximum Gasteiger partial charge on any atom is 0.232 e. The van der Waals surface area contributed by atoms with Crippen LogP contribution in [-0.4, -0.2) is 65.0 Å². The number of hydrogen-bond donors (Lipinski definition) is 3. The molecule has 3 heterocycles. The summed E-state index contributed by atoms with van der Waals surface area (Å²) in [5.41, 5.74) is 2.87. The summed E-state index contributed by atoms with van der Waals surface area (Å²) in [5, 5.41) is 10.1. The molecule has 0 atom stereocenters. The van der Waals surface area contributed by atoms with E-state index in [4.69, 9.17) is 16.3 Å². The zero-order chi connectivity index (χ0) is 28.3. The number of benzene rings is 2. The van der Waals surface area contributed by atoms with Gasteiger partial charge in [-0.3, -0.25) is 4.31 Å². The van der Waals surface area contributed by atoms with Gasteiger partial charge in [-0.25, -0.2) is 13.4 Å². The Hall–Kier alpha value is -3.28. The molecule has 2 fully saturated rings. The Morgan fingerprint density at radius 3 is 2.52 bits per heavy atom. The van der Waals surface area contributed by atoms with Crippen LogP contribution in [-0.2, 0) is 10.0 Å². The fourth-order valence-corrected chi connectivity index (χ4v) is 5.84. The lowest BCUT2D eigenvalue weighted by molar-refractivity contribution is 0.249. The van der Waals surface area contributed by atoms with Crippen molar-refractivity contribution in [2.24, 2.45) is 11.8 Å². The highest BCUT2D eigenvalue weighted by atomic mass is 35.5. The van der Waals surface area contributed by atoms with Crippen LogP contribution in [0, 0.1) is 11.8 Å². The van der Waals surface area contributed by atoms with Gasteiger partial charge in [-0.15, -0.1) is 0 Å². The van der Waals surface area contributed by atoms with Crippen LogP contribution in [0.25, 0.3) is 0 Å². The molecule has 0 unspecified atom stereocenters. The summed E-state index contributed by atoms with van der Waals surface area (Å²) in [6.07, 6.45) is 6.42. The van der Waals surface area contributed by atoms with Gasteiger partial charge in [0.15, 0.2) is 5.82 Å². The van der Waals surface area contributed by atoms with E-state index in [-0.39, 0.29) is 0 Å². The van der Waals surface area contributed by atoms with Crippen LogP contribution >= 0.6 is 11.6 Å². The van der Waals surface area contributed by atoms with E-state index in [1.807, 2.05) is 12.1 Å². The summed E-state index contributed by atoms with van der Waals surface area (Å²) in [4.78, 5) is 11.3. The number of halogens is 1. The molecule has 40 heavy (non-hydrogen) atoms. The van der Waals surface area contributed by atoms with Crippen molar-refractivity contribution in [3.8, 4) is 5.75 Å². The first-order chi connectivity index (χ1) is 19.2. The molecular weight excluding hydrogens is 550 g/mol. The molecule has 2 aliphatic rings. The van der Waals surface area contributed by atoms with E-state index in [0.29, 0.717) is 33.9 Å². The first-order valence-electron chi connectivity index (χ1n) is 13.4. The Morgan fingerprint density at radius 2 is 1.85 bits per heavy atom. The van der Waals surface area contributed by atoms with Gasteiger partial charge in [0.1, 0.15) is 10.8 Å². The predicted molar refractivity (Wildman–Crippen MR) is 162 cm³/mol. The molecular formula is C28H36ClN7O3S. The van der Waals surface area contributed by atoms with Gasteiger partial charge in [-0.2, -0.15) is 4.98 Å². The van der Waals surface area contributed by atoms with Gasteiger partial charge in [0.2, 0.25) is 16.0 Å². The van der Waals surface area contributed by atoms with E-state index in [1.54, 1.807) is 31.4 Å². The fourth-order valence-electron chi connectivity index (χ4n) is 5.19. The Labute approximate surface area is 241 Å². The maximum atomic E-state index is 12.1. The third-order valence-electron chi connectivity index (χ3n) is 7.68. The number of nitrogens with zero attached hydrogens (tertiary/aromatic N) is 4. The normalized spacial score (nSPS) is 16.4. The maximum absolute atomic E-state index is 12.1. The summed E-state index contributed by atoms with van der Waals surface area (Å²) in [6, 6.07) is 13.1. The number of aromatic nitrogens is 2. The average molecular weight is 586 g/mol. The number of piperidine rings is 1. The minimum atomic E-state index is -3.46. The summed E-state index contributed by atoms with van der Waals surface area (Å²) in [7, 11) is -0.318. The summed E-state index contributed by atoms with van der Waals surface area (Å²) >= 11 is 6.41. The lowest BCUT2D eigenvalue weighted by Gasteiger charge is -2.37. The van der Waals surface area contributed by atoms with Crippen molar-refractivity contribution in [2.75, 3.05) is 66.4 Å². The molecule has 3 N–H and O–H groups in total. The lowest BCUT2D eigenvalue weighted by Crippen LogP contribution is -2.44. The fraction of sp³-hybridized carbons (Fsp3) is 0.429. The SMILES string of the molecule is COc1cc(N2CCC(CC3CNC3)CC2)ccc1Nc1ncc(Cl)c(Nc2ccccc2N(C)S(C)(=O)=O)n1. The Balaban J connectivity index is 1.29. The van der Waals surface area contributed by atoms with Crippen molar-refractivity contribution in [3.63, 3.8) is 0 Å². The zero-order valence-electron chi connectivity index (χ0n) is 23.0. The Morgan fingerprint density at radius 1 is 1.10 bits per heavy atom. The lowest BCUT2D eigenvalue weighted by atomic mass is 9.84. The van der Waals surface area contributed by atoms with Crippen LogP contribution in [0.1, 0.15) is 19.3 Å². The largest absolute Gasteiger partial charge is 0.494 e. The zero-order valence-corrected chi connectivity index (χ0v) is 24.6. The second kappa shape index (κ2) is 12.1. The highest BCUT2D eigenvalue weighted by molar-refractivity contribution is 7.92. The van der Waals surface area contributed by atoms with Crippen LogP contribution in [0.5, 0.6) is 5.75 Å². The van der Waals surface area contributed by atoms with Crippen LogP contribution < -0.4 is 29.9 Å². The standard InChI is InChI=1S/C28H36ClN7O3S/c1-35(40(3,37)38)25-7-5-4-6-23(25)32-27-22(29)18-31-28(34-27)33-24-9-8-21(15-26(24)39-2)36-12-10-19(11-13-36)14-20-16-30-17-20/h4-9,15,18-20,30H,10-14,16-17H2,1-3H3,(H2,31,32,33,34). The minimum Gasteiger partial charge on any atom is -0.494 e. The van der Waals surface area contributed by atoms with Crippen molar-refractivity contribution in [2.45, 2.75) is 19.3 Å². The van der Waals surface area contributed by atoms with Crippen LogP contribution in [0.4, 0.5) is 34.5 Å². The molecule has 2 aromatic carbocycles. The Bertz CT molecular complexity index is 1440. The van der Waals surface area contributed by atoms with E-state index in [0.717, 1.165) is 42.6 Å². The smallest absolute Gasteiger partial charge is 0.232 e. The molecule has 1 aromatic heterocycles. The quantitative estimate of drug-likeness (QED) is 0.307. The molecule has 0 aliphatic carbocycles. The number of hydrogen-bond acceptors (Lipinski definition) is 9. The highest BCUT2D eigenvalue weighted by Crippen LogP contribution is 2.36. The van der Waals surface area contributed by atoms with Crippen molar-refractivity contribution in [1.82, 2.24) is 15.3 Å². The first-order valence-corrected chi connectivity index (χ1v) is 15.7. The van der Waals surface area contributed by atoms with Gasteiger partial charge in [-0.05, 0) is 68.5 Å². The molecule has 0 radical (unpaired) electrons.